The van der Waals surface area contributed by atoms with Crippen LogP contribution in [0.3, 0.4) is 0 Å². The number of carbonyl (C=O) groups excluding carboxylic acids is 3. The van der Waals surface area contributed by atoms with Gasteiger partial charge in [-0.05, 0) is 61.5 Å². The van der Waals surface area contributed by atoms with Gasteiger partial charge in [-0.25, -0.2) is 0 Å². The van der Waals surface area contributed by atoms with Gasteiger partial charge in [-0.2, -0.15) is 8.42 Å². The number of hydrogen-bond acceptors (Lipinski definition) is 8. The largest absolute Gasteiger partial charge is 0.462 e. The van der Waals surface area contributed by atoms with Gasteiger partial charge in [0.05, 0.1) is 11.0 Å². The van der Waals surface area contributed by atoms with E-state index in [0.717, 1.165) is 4.90 Å². The van der Waals surface area contributed by atoms with Gasteiger partial charge in [0.1, 0.15) is 17.2 Å². The summed E-state index contributed by atoms with van der Waals surface area (Å²) in [6.45, 7) is 2.86. The Morgan fingerprint density at radius 2 is 1.81 bits per heavy atom. The topological polar surface area (TPSA) is 107 Å². The van der Waals surface area contributed by atoms with Crippen molar-refractivity contribution in [3.05, 3.63) is 65.1 Å². The van der Waals surface area contributed by atoms with E-state index in [9.17, 15) is 22.8 Å². The Morgan fingerprint density at radius 1 is 1.10 bits per heavy atom. The molecule has 0 saturated carbocycles. The fourth-order valence-electron chi connectivity index (χ4n) is 2.64. The summed E-state index contributed by atoms with van der Waals surface area (Å²) in [6.07, 6.45) is 1.07. The number of rotatable bonds is 7. The lowest BCUT2D eigenvalue weighted by Gasteiger charge is -2.13. The zero-order valence-electron chi connectivity index (χ0n) is 16.7. The Balaban J connectivity index is 1.76. The lowest BCUT2D eigenvalue weighted by atomic mass is 10.2. The number of imide groups is 1. The van der Waals surface area contributed by atoms with E-state index in [1.807, 2.05) is 0 Å². The van der Waals surface area contributed by atoms with Crippen molar-refractivity contribution in [3.8, 4) is 5.75 Å². The van der Waals surface area contributed by atoms with Crippen LogP contribution >= 0.6 is 11.8 Å². The Hall–Kier alpha value is -3.11. The molecule has 1 aliphatic rings. The lowest BCUT2D eigenvalue weighted by Crippen LogP contribution is -2.35. The second-order valence-electron chi connectivity index (χ2n) is 6.73. The van der Waals surface area contributed by atoms with E-state index in [-0.39, 0.29) is 21.7 Å². The van der Waals surface area contributed by atoms with Gasteiger partial charge in [-0.15, -0.1) is 0 Å². The molecule has 0 bridgehead atoms. The molecule has 1 aliphatic heterocycles. The van der Waals surface area contributed by atoms with Gasteiger partial charge < -0.3 is 8.92 Å². The van der Waals surface area contributed by atoms with Crippen LogP contribution in [0, 0.1) is 0 Å². The van der Waals surface area contributed by atoms with E-state index in [0.29, 0.717) is 17.3 Å². The van der Waals surface area contributed by atoms with Crippen molar-refractivity contribution in [2.24, 2.45) is 0 Å². The fraction of sp³-hybridized carbons (Fsp3) is 0.190. The molecule has 3 rings (SSSR count). The van der Waals surface area contributed by atoms with Crippen LogP contribution in [0.1, 0.15) is 19.4 Å². The maximum absolute atomic E-state index is 12.5. The Bertz CT molecular complexity index is 1140. The standard InChI is InChI=1S/C21H19NO7S2/c1-14(2)28-19(23)13-22-20(24)18(30-21(22)25)12-15-7-6-8-16(11-15)29-31(26,27)17-9-4-3-5-10-17/h3-12,14H,13H2,1-2H3/b18-12-. The molecule has 2 aromatic carbocycles. The lowest BCUT2D eigenvalue weighted by molar-refractivity contribution is -0.149. The maximum Gasteiger partial charge on any atom is 0.339 e. The van der Waals surface area contributed by atoms with Crippen LogP contribution < -0.4 is 4.18 Å². The molecule has 2 amide bonds. The number of nitrogens with zero attached hydrogens (tertiary/aromatic N) is 1. The number of ether oxygens (including phenoxy) is 1. The Kier molecular flexibility index (Phi) is 6.81. The highest BCUT2D eigenvalue weighted by Crippen LogP contribution is 2.32. The second kappa shape index (κ2) is 9.36. The SMILES string of the molecule is CC(C)OC(=O)CN1C(=O)S/C(=C\c2cccc(OS(=O)(=O)c3ccccc3)c2)C1=O. The quantitative estimate of drug-likeness (QED) is 0.351. The number of esters is 1. The smallest absolute Gasteiger partial charge is 0.339 e. The third kappa shape index (κ3) is 5.74. The fourth-order valence-corrected chi connectivity index (χ4v) is 4.42. The van der Waals surface area contributed by atoms with Gasteiger partial charge >= 0.3 is 16.1 Å². The molecule has 0 aliphatic carbocycles. The highest BCUT2D eigenvalue weighted by Gasteiger charge is 2.36. The van der Waals surface area contributed by atoms with Gasteiger partial charge in [0.2, 0.25) is 0 Å². The van der Waals surface area contributed by atoms with Crippen molar-refractivity contribution < 1.29 is 31.7 Å². The summed E-state index contributed by atoms with van der Waals surface area (Å²) in [6, 6.07) is 13.8. The molecule has 0 spiro atoms. The first-order valence-electron chi connectivity index (χ1n) is 9.20. The average molecular weight is 462 g/mol. The van der Waals surface area contributed by atoms with E-state index in [4.69, 9.17) is 8.92 Å². The number of amides is 2. The normalized spacial score (nSPS) is 15.6. The molecule has 1 saturated heterocycles. The molecule has 2 aromatic rings. The second-order valence-corrected chi connectivity index (χ2v) is 9.27. The predicted octanol–water partition coefficient (Wildman–Crippen LogP) is 3.44. The van der Waals surface area contributed by atoms with Crippen molar-refractivity contribution in [1.29, 1.82) is 0 Å². The van der Waals surface area contributed by atoms with Crippen molar-refractivity contribution in [2.45, 2.75) is 24.8 Å². The first-order chi connectivity index (χ1) is 14.7. The zero-order valence-corrected chi connectivity index (χ0v) is 18.3. The summed E-state index contributed by atoms with van der Waals surface area (Å²) >= 11 is 0.685. The van der Waals surface area contributed by atoms with Gasteiger partial charge in [0, 0.05) is 0 Å². The van der Waals surface area contributed by atoms with Crippen LogP contribution in [0.25, 0.3) is 6.08 Å². The first kappa shape index (κ1) is 22.6. The predicted molar refractivity (Wildman–Crippen MR) is 115 cm³/mol. The van der Waals surface area contributed by atoms with Gasteiger partial charge in [0.15, 0.2) is 0 Å². The number of benzene rings is 2. The van der Waals surface area contributed by atoms with Crippen molar-refractivity contribution in [2.75, 3.05) is 6.54 Å². The highest BCUT2D eigenvalue weighted by atomic mass is 32.2. The van der Waals surface area contributed by atoms with E-state index in [1.54, 1.807) is 44.2 Å². The molecule has 1 heterocycles. The summed E-state index contributed by atoms with van der Waals surface area (Å²) in [5.74, 6) is -1.25. The molecule has 1 fully saturated rings. The van der Waals surface area contributed by atoms with Crippen LogP contribution in [-0.2, 0) is 24.4 Å². The van der Waals surface area contributed by atoms with E-state index < -0.39 is 33.8 Å². The van der Waals surface area contributed by atoms with Crippen molar-refractivity contribution in [1.82, 2.24) is 4.90 Å². The molecule has 0 aromatic heterocycles. The van der Waals surface area contributed by atoms with E-state index in [2.05, 4.69) is 0 Å². The Labute approximate surface area is 184 Å². The van der Waals surface area contributed by atoms with Crippen molar-refractivity contribution >= 4 is 45.1 Å². The molecule has 162 valence electrons. The van der Waals surface area contributed by atoms with Gasteiger partial charge in [0.25, 0.3) is 11.1 Å². The molecule has 0 atom stereocenters. The summed E-state index contributed by atoms with van der Waals surface area (Å²) in [4.78, 5) is 37.4. The molecule has 8 nitrogen and oxygen atoms in total. The van der Waals surface area contributed by atoms with Gasteiger partial charge in [-0.1, -0.05) is 30.3 Å². The monoisotopic (exact) mass is 461 g/mol. The minimum atomic E-state index is -4.02. The molecule has 10 heteroatoms. The molecule has 0 unspecified atom stereocenters. The van der Waals surface area contributed by atoms with Gasteiger partial charge in [-0.3, -0.25) is 19.3 Å². The third-order valence-electron chi connectivity index (χ3n) is 3.92. The first-order valence-corrected chi connectivity index (χ1v) is 11.4. The van der Waals surface area contributed by atoms with Crippen molar-refractivity contribution in [3.63, 3.8) is 0 Å². The van der Waals surface area contributed by atoms with Crippen LogP contribution in [0.2, 0.25) is 0 Å². The molecular weight excluding hydrogens is 442 g/mol. The number of thioether (sulfide) groups is 1. The molecule has 0 radical (unpaired) electrons. The number of carbonyl (C=O) groups is 3. The zero-order chi connectivity index (χ0) is 22.6. The minimum Gasteiger partial charge on any atom is -0.462 e. The highest BCUT2D eigenvalue weighted by molar-refractivity contribution is 8.18. The average Bonchev–Trinajstić information content (AvgIpc) is 2.95. The minimum absolute atomic E-state index is 0.00908. The third-order valence-corrected chi connectivity index (χ3v) is 6.09. The molecular formula is C21H19NO7S2. The van der Waals surface area contributed by atoms with Crippen LogP contribution in [-0.4, -0.2) is 43.1 Å². The number of hydrogen-bond donors (Lipinski definition) is 0. The molecule has 0 N–H and O–H groups in total. The Morgan fingerprint density at radius 3 is 2.48 bits per heavy atom. The summed E-state index contributed by atoms with van der Waals surface area (Å²) in [7, 11) is -4.02. The van der Waals surface area contributed by atoms with Crippen LogP contribution in [0.5, 0.6) is 5.75 Å². The molecule has 31 heavy (non-hydrogen) atoms. The maximum atomic E-state index is 12.5. The van der Waals surface area contributed by atoms with E-state index >= 15 is 0 Å². The summed E-state index contributed by atoms with van der Waals surface area (Å²) < 4.78 is 34.9. The van der Waals surface area contributed by atoms with Crippen LogP contribution in [0.4, 0.5) is 4.79 Å². The summed E-state index contributed by atoms with van der Waals surface area (Å²) in [5.41, 5.74) is 0.455. The summed E-state index contributed by atoms with van der Waals surface area (Å²) in [5, 5.41) is -0.587. The van der Waals surface area contributed by atoms with E-state index in [1.165, 1.54) is 30.3 Å². The van der Waals surface area contributed by atoms with Crippen LogP contribution in [0.15, 0.2) is 64.4 Å².